The van der Waals surface area contributed by atoms with Crippen molar-refractivity contribution in [3.8, 4) is 11.8 Å². The van der Waals surface area contributed by atoms with E-state index in [0.717, 1.165) is 0 Å². The normalized spacial score (nSPS) is 10.3. The number of anilines is 2. The van der Waals surface area contributed by atoms with Gasteiger partial charge in [-0.15, -0.1) is 0 Å². The molecule has 0 unspecified atom stereocenters. The highest BCUT2D eigenvalue weighted by molar-refractivity contribution is 6.33. The van der Waals surface area contributed by atoms with Gasteiger partial charge in [-0.25, -0.2) is 9.18 Å². The Hall–Kier alpha value is -2.90. The summed E-state index contributed by atoms with van der Waals surface area (Å²) >= 11 is 11.6. The summed E-state index contributed by atoms with van der Waals surface area (Å²) in [6.45, 7) is 0. The van der Waals surface area contributed by atoms with Crippen molar-refractivity contribution in [1.82, 2.24) is 9.97 Å². The van der Waals surface area contributed by atoms with Crippen LogP contribution < -0.4 is 15.4 Å². The highest BCUT2D eigenvalue weighted by Crippen LogP contribution is 2.23. The van der Waals surface area contributed by atoms with E-state index in [-0.39, 0.29) is 22.1 Å². The Morgan fingerprint density at radius 1 is 0.885 bits per heavy atom. The Kier molecular flexibility index (Phi) is 5.50. The number of nitrogens with one attached hydrogen (secondary N) is 2. The van der Waals surface area contributed by atoms with E-state index in [9.17, 15) is 9.18 Å². The molecule has 0 bridgehead atoms. The quantitative estimate of drug-likeness (QED) is 0.586. The molecule has 2 aromatic carbocycles. The van der Waals surface area contributed by atoms with E-state index < -0.39 is 6.03 Å². The number of amides is 2. The predicted molar refractivity (Wildman–Crippen MR) is 97.6 cm³/mol. The topological polar surface area (TPSA) is 76.1 Å². The van der Waals surface area contributed by atoms with Crippen LogP contribution in [0.3, 0.4) is 0 Å². The molecule has 0 saturated heterocycles. The number of hydrogen-bond donors (Lipinski definition) is 2. The van der Waals surface area contributed by atoms with Crippen LogP contribution in [0.4, 0.5) is 20.6 Å². The first-order valence-corrected chi connectivity index (χ1v) is 8.05. The molecule has 3 aromatic rings. The third-order valence-electron chi connectivity index (χ3n) is 3.07. The van der Waals surface area contributed by atoms with E-state index in [1.807, 2.05) is 0 Å². The van der Waals surface area contributed by atoms with Crippen molar-refractivity contribution < 1.29 is 13.9 Å². The van der Waals surface area contributed by atoms with Crippen LogP contribution in [-0.4, -0.2) is 16.0 Å². The number of ether oxygens (including phenoxy) is 1. The Labute approximate surface area is 157 Å². The molecule has 0 fully saturated rings. The minimum absolute atomic E-state index is 0.0114. The standard InChI is InChI=1S/C17H11Cl2FN4O2/c18-14-9-15(19)24-17(23-14)26-13-7-5-12(6-8-13)22-16(25)21-11-3-1-10(20)2-4-11/h1-9H,(H2,21,22,25). The fourth-order valence-electron chi connectivity index (χ4n) is 1.95. The van der Waals surface area contributed by atoms with E-state index in [4.69, 9.17) is 27.9 Å². The molecule has 0 radical (unpaired) electrons. The number of benzene rings is 2. The van der Waals surface area contributed by atoms with Crippen molar-refractivity contribution in [2.24, 2.45) is 0 Å². The van der Waals surface area contributed by atoms with Crippen LogP contribution in [0.5, 0.6) is 11.8 Å². The zero-order valence-electron chi connectivity index (χ0n) is 13.0. The summed E-state index contributed by atoms with van der Waals surface area (Å²) in [6, 6.07) is 12.9. The number of aromatic nitrogens is 2. The molecule has 6 nitrogen and oxygen atoms in total. The van der Waals surface area contributed by atoms with Crippen molar-refractivity contribution in [1.29, 1.82) is 0 Å². The molecule has 0 aliphatic heterocycles. The smallest absolute Gasteiger partial charge is 0.324 e. The van der Waals surface area contributed by atoms with E-state index in [2.05, 4.69) is 20.6 Å². The fraction of sp³-hybridized carbons (Fsp3) is 0. The minimum Gasteiger partial charge on any atom is -0.424 e. The minimum atomic E-state index is -0.463. The Morgan fingerprint density at radius 3 is 1.92 bits per heavy atom. The van der Waals surface area contributed by atoms with Gasteiger partial charge in [0.05, 0.1) is 0 Å². The molecule has 0 aliphatic rings. The van der Waals surface area contributed by atoms with Crippen LogP contribution in [0, 0.1) is 5.82 Å². The highest BCUT2D eigenvalue weighted by atomic mass is 35.5. The molecule has 26 heavy (non-hydrogen) atoms. The summed E-state index contributed by atoms with van der Waals surface area (Å²) in [7, 11) is 0. The number of halogens is 3. The van der Waals surface area contributed by atoms with Gasteiger partial charge in [0.25, 0.3) is 0 Å². The molecular formula is C17H11Cl2FN4O2. The Morgan fingerprint density at radius 2 is 1.38 bits per heavy atom. The van der Waals surface area contributed by atoms with E-state index in [0.29, 0.717) is 17.1 Å². The SMILES string of the molecule is O=C(Nc1ccc(F)cc1)Nc1ccc(Oc2nc(Cl)cc(Cl)n2)cc1. The average Bonchev–Trinajstić information content (AvgIpc) is 2.58. The molecule has 3 rings (SSSR count). The third-order valence-corrected chi connectivity index (χ3v) is 3.45. The van der Waals surface area contributed by atoms with Crippen LogP contribution in [0.2, 0.25) is 10.3 Å². The van der Waals surface area contributed by atoms with Crippen molar-refractivity contribution in [2.45, 2.75) is 0 Å². The lowest BCUT2D eigenvalue weighted by molar-refractivity contribution is 0.262. The van der Waals surface area contributed by atoms with Crippen molar-refractivity contribution >= 4 is 40.6 Å². The van der Waals surface area contributed by atoms with Crippen LogP contribution in [0.25, 0.3) is 0 Å². The summed E-state index contributed by atoms with van der Waals surface area (Å²) in [5.74, 6) is 0.0596. The maximum Gasteiger partial charge on any atom is 0.324 e. The fourth-order valence-corrected chi connectivity index (χ4v) is 2.36. The van der Waals surface area contributed by atoms with Gasteiger partial charge in [-0.3, -0.25) is 0 Å². The summed E-state index contributed by atoms with van der Waals surface area (Å²) in [5, 5.41) is 5.55. The molecule has 1 heterocycles. The number of carbonyl (C=O) groups excluding carboxylic acids is 1. The first-order valence-electron chi connectivity index (χ1n) is 7.29. The summed E-state index contributed by atoms with van der Waals surface area (Å²) in [4.78, 5) is 19.7. The molecule has 132 valence electrons. The Balaban J connectivity index is 1.60. The maximum absolute atomic E-state index is 12.8. The molecule has 2 N–H and O–H groups in total. The molecule has 0 aliphatic carbocycles. The van der Waals surface area contributed by atoms with Gasteiger partial charge >= 0.3 is 12.0 Å². The van der Waals surface area contributed by atoms with Crippen LogP contribution >= 0.6 is 23.2 Å². The number of carbonyl (C=O) groups is 1. The molecule has 0 spiro atoms. The van der Waals surface area contributed by atoms with Gasteiger partial charge in [-0.05, 0) is 48.5 Å². The monoisotopic (exact) mass is 392 g/mol. The van der Waals surface area contributed by atoms with Gasteiger partial charge in [0.15, 0.2) is 0 Å². The highest BCUT2D eigenvalue weighted by Gasteiger charge is 2.06. The molecule has 9 heteroatoms. The van der Waals surface area contributed by atoms with Crippen molar-refractivity contribution in [3.05, 3.63) is 70.7 Å². The van der Waals surface area contributed by atoms with Crippen LogP contribution in [0.15, 0.2) is 54.6 Å². The zero-order valence-corrected chi connectivity index (χ0v) is 14.6. The van der Waals surface area contributed by atoms with E-state index in [1.165, 1.54) is 30.3 Å². The largest absolute Gasteiger partial charge is 0.424 e. The molecule has 2 amide bonds. The third kappa shape index (κ3) is 5.05. The first kappa shape index (κ1) is 17.9. The lowest BCUT2D eigenvalue weighted by Crippen LogP contribution is -2.19. The first-order chi connectivity index (χ1) is 12.5. The van der Waals surface area contributed by atoms with Crippen LogP contribution in [-0.2, 0) is 0 Å². The van der Waals surface area contributed by atoms with Gasteiger partial charge in [0.2, 0.25) is 0 Å². The molecule has 0 atom stereocenters. The van der Waals surface area contributed by atoms with Gasteiger partial charge in [0, 0.05) is 17.4 Å². The van der Waals surface area contributed by atoms with Gasteiger partial charge in [-0.2, -0.15) is 9.97 Å². The lowest BCUT2D eigenvalue weighted by atomic mass is 10.3. The molecule has 0 saturated carbocycles. The molecular weight excluding hydrogens is 382 g/mol. The zero-order chi connectivity index (χ0) is 18.5. The second kappa shape index (κ2) is 7.99. The van der Waals surface area contributed by atoms with Crippen LogP contribution in [0.1, 0.15) is 0 Å². The summed E-state index contributed by atoms with van der Waals surface area (Å²) < 4.78 is 18.3. The van der Waals surface area contributed by atoms with Crippen molar-refractivity contribution in [2.75, 3.05) is 10.6 Å². The van der Waals surface area contributed by atoms with Gasteiger partial charge < -0.3 is 15.4 Å². The summed E-state index contributed by atoms with van der Waals surface area (Å²) in [6.07, 6.45) is 0. The van der Waals surface area contributed by atoms with Gasteiger partial charge in [-0.1, -0.05) is 23.2 Å². The summed E-state index contributed by atoms with van der Waals surface area (Å²) in [5.41, 5.74) is 1.00. The number of rotatable bonds is 4. The number of nitrogens with zero attached hydrogens (tertiary/aromatic N) is 2. The Bertz CT molecular complexity index is 901. The number of urea groups is 1. The van der Waals surface area contributed by atoms with Gasteiger partial charge in [0.1, 0.15) is 21.9 Å². The molecule has 1 aromatic heterocycles. The second-order valence-corrected chi connectivity index (χ2v) is 5.78. The maximum atomic E-state index is 12.8. The second-order valence-electron chi connectivity index (χ2n) is 5.01. The van der Waals surface area contributed by atoms with Crippen molar-refractivity contribution in [3.63, 3.8) is 0 Å². The lowest BCUT2D eigenvalue weighted by Gasteiger charge is -2.09. The van der Waals surface area contributed by atoms with E-state index >= 15 is 0 Å². The predicted octanol–water partition coefficient (Wildman–Crippen LogP) is 5.36. The van der Waals surface area contributed by atoms with E-state index in [1.54, 1.807) is 24.3 Å². The average molecular weight is 393 g/mol. The number of hydrogen-bond acceptors (Lipinski definition) is 4.